The third-order valence-corrected chi connectivity index (χ3v) is 9.67. The Morgan fingerprint density at radius 2 is 1.79 bits per heavy atom. The average molecular weight is 616 g/mol. The number of rotatable bonds is 10. The van der Waals surface area contributed by atoms with Gasteiger partial charge in [-0.25, -0.2) is 22.2 Å². The van der Waals surface area contributed by atoms with Gasteiger partial charge < -0.3 is 19.2 Å². The molecule has 1 aliphatic carbocycles. The van der Waals surface area contributed by atoms with Crippen molar-refractivity contribution in [3.63, 3.8) is 0 Å². The van der Waals surface area contributed by atoms with E-state index in [2.05, 4.69) is 10.1 Å². The van der Waals surface area contributed by atoms with Crippen molar-refractivity contribution in [2.24, 2.45) is 5.41 Å². The Kier molecular flexibility index (Phi) is 7.69. The SMILES string of the molecule is CC1(COc2c(N3CCN(S(=O)(=O)Cc4ccc5nc(CCO)oc5c4)CC3)cnn(-c3cc(F)cc(F)c3)c2=O)CC1. The Balaban J connectivity index is 1.20. The van der Waals surface area contributed by atoms with E-state index in [4.69, 9.17) is 14.3 Å². The number of oxazole rings is 1. The van der Waals surface area contributed by atoms with E-state index < -0.39 is 27.2 Å². The number of aliphatic hydroxyl groups excluding tert-OH is 1. The van der Waals surface area contributed by atoms with Crippen LogP contribution in [-0.4, -0.2) is 72.0 Å². The summed E-state index contributed by atoms with van der Waals surface area (Å²) >= 11 is 0. The number of halogens is 2. The van der Waals surface area contributed by atoms with Crippen LogP contribution in [0, 0.1) is 17.0 Å². The molecule has 0 unspecified atom stereocenters. The first-order valence-corrected chi connectivity index (χ1v) is 15.6. The topological polar surface area (TPSA) is 131 Å². The summed E-state index contributed by atoms with van der Waals surface area (Å²) in [6, 6.07) is 7.77. The summed E-state index contributed by atoms with van der Waals surface area (Å²) in [6.45, 7) is 3.13. The number of benzene rings is 2. The molecule has 2 fully saturated rings. The minimum atomic E-state index is -3.68. The highest BCUT2D eigenvalue weighted by molar-refractivity contribution is 7.88. The number of nitrogens with zero attached hydrogens (tertiary/aromatic N) is 5. The van der Waals surface area contributed by atoms with E-state index in [9.17, 15) is 22.0 Å². The lowest BCUT2D eigenvalue weighted by molar-refractivity contribution is 0.242. The van der Waals surface area contributed by atoms with E-state index in [1.54, 1.807) is 18.2 Å². The van der Waals surface area contributed by atoms with Crippen molar-refractivity contribution in [2.45, 2.75) is 31.9 Å². The van der Waals surface area contributed by atoms with Crippen molar-refractivity contribution in [1.82, 2.24) is 19.1 Å². The van der Waals surface area contributed by atoms with Gasteiger partial charge in [0.05, 0.1) is 30.9 Å². The van der Waals surface area contributed by atoms with Crippen molar-refractivity contribution < 1.29 is 31.5 Å². The molecule has 228 valence electrons. The number of aromatic nitrogens is 3. The van der Waals surface area contributed by atoms with Gasteiger partial charge in [-0.05, 0) is 42.7 Å². The predicted molar refractivity (Wildman–Crippen MR) is 154 cm³/mol. The number of hydrogen-bond donors (Lipinski definition) is 1. The molecule has 11 nitrogen and oxygen atoms in total. The van der Waals surface area contributed by atoms with E-state index >= 15 is 0 Å². The third-order valence-electron chi connectivity index (χ3n) is 7.82. The maximum absolute atomic E-state index is 13.9. The van der Waals surface area contributed by atoms with Crippen LogP contribution < -0.4 is 15.2 Å². The molecule has 1 saturated carbocycles. The molecule has 14 heteroatoms. The first-order valence-electron chi connectivity index (χ1n) is 14.0. The normalized spacial score (nSPS) is 17.0. The van der Waals surface area contributed by atoms with Crippen LogP contribution in [0.3, 0.4) is 0 Å². The van der Waals surface area contributed by atoms with Crippen molar-refractivity contribution in [2.75, 3.05) is 44.3 Å². The monoisotopic (exact) mass is 615 g/mol. The van der Waals surface area contributed by atoms with Crippen LogP contribution in [0.5, 0.6) is 5.75 Å². The molecule has 0 spiro atoms. The number of aliphatic hydroxyl groups is 1. The van der Waals surface area contributed by atoms with Crippen molar-refractivity contribution >= 4 is 26.8 Å². The van der Waals surface area contributed by atoms with Gasteiger partial charge in [-0.1, -0.05) is 13.0 Å². The zero-order valence-electron chi connectivity index (χ0n) is 23.5. The van der Waals surface area contributed by atoms with E-state index in [0.717, 1.165) is 29.7 Å². The maximum Gasteiger partial charge on any atom is 0.316 e. The molecule has 3 heterocycles. The van der Waals surface area contributed by atoms with Crippen molar-refractivity contribution in [3.8, 4) is 11.4 Å². The highest BCUT2D eigenvalue weighted by Gasteiger charge is 2.39. The van der Waals surface area contributed by atoms with E-state index in [1.807, 2.05) is 11.8 Å². The first kappa shape index (κ1) is 29.2. The van der Waals surface area contributed by atoms with E-state index in [1.165, 1.54) is 10.5 Å². The smallest absolute Gasteiger partial charge is 0.316 e. The Morgan fingerprint density at radius 1 is 1.07 bits per heavy atom. The second-order valence-electron chi connectivity index (χ2n) is 11.3. The van der Waals surface area contributed by atoms with E-state index in [0.29, 0.717) is 40.9 Å². The summed E-state index contributed by atoms with van der Waals surface area (Å²) in [5.41, 5.74) is 1.21. The molecule has 0 bridgehead atoms. The molecule has 1 aliphatic heterocycles. The highest BCUT2D eigenvalue weighted by Crippen LogP contribution is 2.45. The van der Waals surface area contributed by atoms with Gasteiger partial charge in [0.25, 0.3) is 0 Å². The van der Waals surface area contributed by atoms with E-state index in [-0.39, 0.29) is 61.8 Å². The summed E-state index contributed by atoms with van der Waals surface area (Å²) in [4.78, 5) is 19.6. The fourth-order valence-electron chi connectivity index (χ4n) is 5.06. The molecule has 4 aromatic rings. The molecule has 2 aliphatic rings. The van der Waals surface area contributed by atoms with Crippen LogP contribution >= 0.6 is 0 Å². The molecule has 6 rings (SSSR count). The molecule has 0 amide bonds. The lowest BCUT2D eigenvalue weighted by Gasteiger charge is -2.35. The Labute approximate surface area is 246 Å². The Hall–Kier alpha value is -3.88. The first-order chi connectivity index (χ1) is 20.5. The minimum Gasteiger partial charge on any atom is -0.486 e. The minimum absolute atomic E-state index is 0.00466. The second-order valence-corrected chi connectivity index (χ2v) is 13.3. The largest absolute Gasteiger partial charge is 0.486 e. The number of hydrogen-bond acceptors (Lipinski definition) is 9. The van der Waals surface area contributed by atoms with Gasteiger partial charge in [-0.3, -0.25) is 4.79 Å². The molecule has 2 aromatic carbocycles. The van der Waals surface area contributed by atoms with Crippen LogP contribution in [0.15, 0.2) is 51.8 Å². The average Bonchev–Trinajstić information content (AvgIpc) is 3.56. The summed E-state index contributed by atoms with van der Waals surface area (Å²) < 4.78 is 68.4. The summed E-state index contributed by atoms with van der Waals surface area (Å²) in [5, 5.41) is 13.3. The van der Waals surface area contributed by atoms with Gasteiger partial charge in [0.1, 0.15) is 22.8 Å². The van der Waals surface area contributed by atoms with Crippen LogP contribution in [0.1, 0.15) is 31.2 Å². The lowest BCUT2D eigenvalue weighted by atomic mass is 10.2. The van der Waals surface area contributed by atoms with Crippen LogP contribution in [0.2, 0.25) is 0 Å². The fourth-order valence-corrected chi connectivity index (χ4v) is 6.56. The quantitative estimate of drug-likeness (QED) is 0.286. The van der Waals surface area contributed by atoms with Crippen LogP contribution in [0.25, 0.3) is 16.8 Å². The number of sulfonamides is 1. The molecular weight excluding hydrogens is 584 g/mol. The summed E-state index contributed by atoms with van der Waals surface area (Å²) in [7, 11) is -3.68. The van der Waals surface area contributed by atoms with Gasteiger partial charge in [0, 0.05) is 44.1 Å². The summed E-state index contributed by atoms with van der Waals surface area (Å²) in [5.74, 6) is -1.53. The van der Waals surface area contributed by atoms with Gasteiger partial charge in [-0.2, -0.15) is 14.1 Å². The Bertz CT molecular complexity index is 1810. The molecular formula is C29H31F2N5O6S. The molecule has 43 heavy (non-hydrogen) atoms. The molecule has 0 radical (unpaired) electrons. The highest BCUT2D eigenvalue weighted by atomic mass is 32.2. The third kappa shape index (κ3) is 6.26. The standard InChI is InChI=1S/C29H31F2N5O6S/c1-29(5-6-29)18-41-27-24(16-32-36(28(27)38)22-14-20(30)13-21(31)15-22)34-7-9-35(10-8-34)43(39,40)17-19-2-3-23-25(12-19)42-26(33-23)4-11-37/h2-3,12-16,37H,4-11,17-18H2,1H3. The predicted octanol–water partition coefficient (Wildman–Crippen LogP) is 3.02. The van der Waals surface area contributed by atoms with Crippen molar-refractivity contribution in [1.29, 1.82) is 0 Å². The summed E-state index contributed by atoms with van der Waals surface area (Å²) in [6.07, 6.45) is 3.60. The molecule has 1 saturated heterocycles. The van der Waals surface area contributed by atoms with Gasteiger partial charge in [-0.15, -0.1) is 0 Å². The zero-order chi connectivity index (χ0) is 30.4. The van der Waals surface area contributed by atoms with Crippen molar-refractivity contribution in [3.05, 3.63) is 76.0 Å². The second kappa shape index (κ2) is 11.3. The van der Waals surface area contributed by atoms with Gasteiger partial charge in [0.15, 0.2) is 11.5 Å². The van der Waals surface area contributed by atoms with Crippen LogP contribution in [0.4, 0.5) is 14.5 Å². The zero-order valence-corrected chi connectivity index (χ0v) is 24.3. The fraction of sp³-hybridized carbons (Fsp3) is 0.414. The van der Waals surface area contributed by atoms with Gasteiger partial charge >= 0.3 is 5.56 Å². The number of anilines is 1. The molecule has 1 N–H and O–H groups in total. The number of fused-ring (bicyclic) bond motifs is 1. The number of ether oxygens (including phenoxy) is 1. The molecule has 2 aromatic heterocycles. The number of piperazine rings is 1. The van der Waals surface area contributed by atoms with Gasteiger partial charge in [0.2, 0.25) is 15.8 Å². The Morgan fingerprint density at radius 3 is 2.47 bits per heavy atom. The lowest BCUT2D eigenvalue weighted by Crippen LogP contribution is -2.49. The van der Waals surface area contributed by atoms with Crippen LogP contribution in [-0.2, 0) is 22.2 Å². The maximum atomic E-state index is 13.9. The molecule has 0 atom stereocenters.